The van der Waals surface area contributed by atoms with Crippen molar-refractivity contribution in [2.75, 3.05) is 13.3 Å². The highest BCUT2D eigenvalue weighted by molar-refractivity contribution is 7.95. The molecule has 0 radical (unpaired) electrons. The van der Waals surface area contributed by atoms with Crippen molar-refractivity contribution >= 4 is 23.2 Å². The molecule has 0 aliphatic carbocycles. The number of methoxy groups -OCH3 is 1. The van der Waals surface area contributed by atoms with Gasteiger partial charge in [-0.05, 0) is 94.1 Å². The van der Waals surface area contributed by atoms with Gasteiger partial charge in [0.1, 0.15) is 28.9 Å². The van der Waals surface area contributed by atoms with E-state index < -0.39 is 13.0 Å². The van der Waals surface area contributed by atoms with Crippen LogP contribution in [0, 0.1) is 0 Å². The first kappa shape index (κ1) is 39.0. The monoisotopic (exact) mass is 790 g/mol. The number of ether oxygens (including phenoxy) is 4. The van der Waals surface area contributed by atoms with Crippen LogP contribution in [0.1, 0.15) is 58.4 Å². The average Bonchev–Trinajstić information content (AvgIpc) is 3.11. The molecule has 1 saturated heterocycles. The van der Waals surface area contributed by atoms with E-state index in [0.29, 0.717) is 6.61 Å². The Bertz CT molecular complexity index is 1460. The average molecular weight is 791 g/mol. The zero-order chi connectivity index (χ0) is 33.7. The van der Waals surface area contributed by atoms with Gasteiger partial charge in [-0.2, -0.15) is 0 Å². The molecule has 1 heterocycles. The highest BCUT2D eigenvalue weighted by Crippen LogP contribution is 2.56. The minimum Gasteiger partial charge on any atom is -1.00 e. The Labute approximate surface area is 312 Å². The molecule has 3 atom stereocenters. The van der Waals surface area contributed by atoms with Crippen LogP contribution in [0.25, 0.3) is 0 Å². The van der Waals surface area contributed by atoms with Crippen molar-refractivity contribution in [1.82, 2.24) is 0 Å². The second-order valence-electron chi connectivity index (χ2n) is 13.1. The summed E-state index contributed by atoms with van der Waals surface area (Å²) in [5, 5.41) is 4.23. The standard InChI is InChI=1S/C43H52O4P.HI/c1-35(45-34-36-27-29-37(44-4)30-28-36)19-11-6-5-7-12-20-38-33-39(47-43(2,3)46-38)31-32-48(40-21-13-8-14-22-40,41-23-15-9-16-24-41)42-25-17-10-18-26-42;/h5,7-10,12-18,20-30,35,38-39H,6,11,19,31-34H2,1-4H3;1H/q+1;/p-1/b7-5+,20-12+;/t35-,38+,39+;/m1./s1. The number of halogens is 1. The van der Waals surface area contributed by atoms with E-state index in [1.165, 1.54) is 15.9 Å². The van der Waals surface area contributed by atoms with Crippen molar-refractivity contribution in [3.8, 4) is 5.75 Å². The normalized spacial score (nSPS) is 18.3. The third kappa shape index (κ3) is 11.4. The van der Waals surface area contributed by atoms with Crippen LogP contribution in [0.15, 0.2) is 140 Å². The third-order valence-electron chi connectivity index (χ3n) is 9.01. The van der Waals surface area contributed by atoms with Gasteiger partial charge in [0.25, 0.3) is 0 Å². The smallest absolute Gasteiger partial charge is 0.163 e. The fourth-order valence-corrected chi connectivity index (χ4v) is 11.0. The van der Waals surface area contributed by atoms with Gasteiger partial charge >= 0.3 is 0 Å². The number of allylic oxidation sites excluding steroid dienone is 3. The summed E-state index contributed by atoms with van der Waals surface area (Å²) in [5.74, 6) is 0.227. The minimum atomic E-state index is -1.91. The van der Waals surface area contributed by atoms with Gasteiger partial charge in [0, 0.05) is 12.8 Å². The fraction of sp³-hybridized carbons (Fsp3) is 0.349. The Morgan fingerprint density at radius 3 is 1.92 bits per heavy atom. The first-order chi connectivity index (χ1) is 23.4. The van der Waals surface area contributed by atoms with Gasteiger partial charge in [0.2, 0.25) is 0 Å². The molecule has 0 bridgehead atoms. The number of rotatable bonds is 16. The zero-order valence-electron chi connectivity index (χ0n) is 29.4. The maximum Gasteiger partial charge on any atom is 0.163 e. The summed E-state index contributed by atoms with van der Waals surface area (Å²) in [6.45, 7) is 6.86. The van der Waals surface area contributed by atoms with Gasteiger partial charge in [0.15, 0.2) is 5.79 Å². The molecule has 5 rings (SSSR count). The number of unbranched alkanes of at least 4 members (excludes halogenated alkanes) is 1. The molecule has 260 valence electrons. The van der Waals surface area contributed by atoms with Crippen LogP contribution < -0.4 is 44.6 Å². The highest BCUT2D eigenvalue weighted by Gasteiger charge is 2.46. The topological polar surface area (TPSA) is 36.9 Å². The van der Waals surface area contributed by atoms with Gasteiger partial charge < -0.3 is 42.9 Å². The maximum absolute atomic E-state index is 6.57. The molecule has 0 spiro atoms. The Morgan fingerprint density at radius 2 is 1.37 bits per heavy atom. The Morgan fingerprint density at radius 1 is 0.796 bits per heavy atom. The Kier molecular flexibility index (Phi) is 15.6. The molecule has 0 amide bonds. The van der Waals surface area contributed by atoms with Crippen LogP contribution in [0.3, 0.4) is 0 Å². The van der Waals surface area contributed by atoms with E-state index in [4.69, 9.17) is 18.9 Å². The second-order valence-corrected chi connectivity index (χ2v) is 16.7. The zero-order valence-corrected chi connectivity index (χ0v) is 32.5. The van der Waals surface area contributed by atoms with Gasteiger partial charge in [-0.3, -0.25) is 0 Å². The highest BCUT2D eigenvalue weighted by atomic mass is 127. The van der Waals surface area contributed by atoms with Crippen molar-refractivity contribution in [3.63, 3.8) is 0 Å². The van der Waals surface area contributed by atoms with Crippen molar-refractivity contribution in [2.24, 2.45) is 0 Å². The summed E-state index contributed by atoms with van der Waals surface area (Å²) in [5.41, 5.74) is 1.16. The molecule has 0 aromatic heterocycles. The Balaban J connectivity index is 0.00000541. The molecule has 4 aromatic rings. The van der Waals surface area contributed by atoms with Crippen molar-refractivity contribution < 1.29 is 42.9 Å². The molecule has 0 unspecified atom stereocenters. The van der Waals surface area contributed by atoms with E-state index in [1.54, 1.807) is 7.11 Å². The second kappa shape index (κ2) is 19.6. The van der Waals surface area contributed by atoms with Crippen LogP contribution in [-0.2, 0) is 20.8 Å². The molecule has 0 N–H and O–H groups in total. The third-order valence-corrected chi connectivity index (χ3v) is 13.5. The summed E-state index contributed by atoms with van der Waals surface area (Å²) < 4.78 is 24.2. The first-order valence-corrected chi connectivity index (χ1v) is 19.3. The Hall–Kier alpha value is -2.80. The summed E-state index contributed by atoms with van der Waals surface area (Å²) in [6, 6.07) is 41.4. The van der Waals surface area contributed by atoms with Crippen molar-refractivity contribution in [3.05, 3.63) is 145 Å². The predicted molar refractivity (Wildman–Crippen MR) is 202 cm³/mol. The molecule has 1 fully saturated rings. The molecule has 0 saturated carbocycles. The van der Waals surface area contributed by atoms with Gasteiger partial charge in [0.05, 0.1) is 38.2 Å². The summed E-state index contributed by atoms with van der Waals surface area (Å²) in [7, 11) is -0.228. The quantitative estimate of drug-likeness (QED) is 0.0589. The van der Waals surface area contributed by atoms with E-state index in [2.05, 4.69) is 134 Å². The molecular weight excluding hydrogens is 738 g/mol. The lowest BCUT2D eigenvalue weighted by Gasteiger charge is -2.40. The summed E-state index contributed by atoms with van der Waals surface area (Å²) >= 11 is 0. The molecular formula is C43H52IO4P. The van der Waals surface area contributed by atoms with Crippen LogP contribution in [0.2, 0.25) is 0 Å². The van der Waals surface area contributed by atoms with E-state index >= 15 is 0 Å². The van der Waals surface area contributed by atoms with Crippen molar-refractivity contribution in [1.29, 1.82) is 0 Å². The molecule has 49 heavy (non-hydrogen) atoms. The van der Waals surface area contributed by atoms with E-state index in [1.807, 2.05) is 26.0 Å². The van der Waals surface area contributed by atoms with Crippen LogP contribution in [0.5, 0.6) is 5.75 Å². The molecule has 1 aliphatic heterocycles. The minimum absolute atomic E-state index is 0. The number of benzene rings is 4. The lowest BCUT2D eigenvalue weighted by atomic mass is 10.1. The molecule has 4 nitrogen and oxygen atoms in total. The van der Waals surface area contributed by atoms with Crippen LogP contribution in [-0.4, -0.2) is 37.4 Å². The van der Waals surface area contributed by atoms with E-state index in [0.717, 1.165) is 49.6 Å². The lowest BCUT2D eigenvalue weighted by molar-refractivity contribution is -0.290. The molecule has 6 heteroatoms. The first-order valence-electron chi connectivity index (χ1n) is 17.4. The van der Waals surface area contributed by atoms with Gasteiger partial charge in [-0.1, -0.05) is 91.0 Å². The lowest BCUT2D eigenvalue weighted by Crippen LogP contribution is -3.00. The van der Waals surface area contributed by atoms with Gasteiger partial charge in [-0.15, -0.1) is 0 Å². The number of hydrogen-bond acceptors (Lipinski definition) is 4. The maximum atomic E-state index is 6.57. The van der Waals surface area contributed by atoms with Gasteiger partial charge in [-0.25, -0.2) is 0 Å². The SMILES string of the molecule is COc1ccc(CO[C@H](C)CCC/C=C/C=C/[C@H]2C[C@H](CC[P+](c3ccccc3)(c3ccccc3)c3ccccc3)OC(C)(C)O2)cc1.[I-]. The predicted octanol–water partition coefficient (Wildman–Crippen LogP) is 6.18. The molecule has 4 aromatic carbocycles. The molecule has 1 aliphatic rings. The number of hydrogen-bond donors (Lipinski definition) is 0. The summed E-state index contributed by atoms with van der Waals surface area (Å²) in [6.07, 6.45) is 15.0. The largest absolute Gasteiger partial charge is 1.00 e. The fourth-order valence-electron chi connectivity index (χ4n) is 6.59. The van der Waals surface area contributed by atoms with Crippen molar-refractivity contribution in [2.45, 2.75) is 83.6 Å². The van der Waals surface area contributed by atoms with E-state index in [9.17, 15) is 0 Å². The van der Waals surface area contributed by atoms with E-state index in [-0.39, 0.29) is 42.3 Å². The summed E-state index contributed by atoms with van der Waals surface area (Å²) in [4.78, 5) is 0. The van der Waals surface area contributed by atoms with Crippen LogP contribution in [0.4, 0.5) is 0 Å². The van der Waals surface area contributed by atoms with Crippen LogP contribution >= 0.6 is 7.26 Å².